The van der Waals surface area contributed by atoms with Crippen molar-refractivity contribution in [2.75, 3.05) is 11.5 Å². The van der Waals surface area contributed by atoms with E-state index in [2.05, 4.69) is 12.2 Å². The van der Waals surface area contributed by atoms with Gasteiger partial charge in [-0.05, 0) is 66.5 Å². The zero-order chi connectivity index (χ0) is 21.3. The number of imide groups is 1. The minimum Gasteiger partial charge on any atom is -0.483 e. The molecule has 156 valence electrons. The van der Waals surface area contributed by atoms with Crippen LogP contribution >= 0.6 is 0 Å². The molecule has 5 aliphatic rings. The highest BCUT2D eigenvalue weighted by atomic mass is 19.1. The average Bonchev–Trinajstić information content (AvgIpc) is 3.56. The monoisotopic (exact) mass is 417 g/mol. The van der Waals surface area contributed by atoms with Crippen LogP contribution in [0, 0.1) is 41.3 Å². The van der Waals surface area contributed by atoms with E-state index in [4.69, 9.17) is 4.74 Å². The summed E-state index contributed by atoms with van der Waals surface area (Å²) in [6.07, 6.45) is 5.39. The topological polar surface area (TPSA) is 63.7 Å². The molecule has 0 N–H and O–H groups in total. The highest BCUT2D eigenvalue weighted by molar-refractivity contribution is 6.23. The number of hydrogen-bond acceptors (Lipinski definition) is 4. The summed E-state index contributed by atoms with van der Waals surface area (Å²) in [5.41, 5.74) is 0.715. The third-order valence-corrected chi connectivity index (χ3v) is 7.29. The Hall–Kier alpha value is -3.28. The highest BCUT2D eigenvalue weighted by Crippen LogP contribution is 2.65. The zero-order valence-corrected chi connectivity index (χ0v) is 16.6. The fourth-order valence-electron chi connectivity index (χ4n) is 5.82. The smallest absolute Gasteiger partial charge is 0.238 e. The van der Waals surface area contributed by atoms with Crippen molar-refractivity contribution >= 4 is 23.3 Å². The number of nitrogens with zero attached hydrogens (tertiary/aromatic N) is 1. The fourth-order valence-corrected chi connectivity index (χ4v) is 5.82. The van der Waals surface area contributed by atoms with E-state index in [1.807, 2.05) is 0 Å². The van der Waals surface area contributed by atoms with Crippen LogP contribution in [0.15, 0.2) is 60.7 Å². The first-order valence-electron chi connectivity index (χ1n) is 10.6. The first-order chi connectivity index (χ1) is 15.0. The third kappa shape index (κ3) is 2.70. The third-order valence-electron chi connectivity index (χ3n) is 7.29. The molecule has 0 unspecified atom stereocenters. The van der Waals surface area contributed by atoms with Gasteiger partial charge in [0.05, 0.1) is 17.5 Å². The fraction of sp³-hybridized carbons (Fsp3) is 0.320. The number of ether oxygens (including phenoxy) is 1. The van der Waals surface area contributed by atoms with Gasteiger partial charge >= 0.3 is 0 Å². The molecule has 0 spiro atoms. The van der Waals surface area contributed by atoms with Crippen molar-refractivity contribution in [2.45, 2.75) is 6.42 Å². The molecule has 6 heteroatoms. The van der Waals surface area contributed by atoms with Gasteiger partial charge in [0.1, 0.15) is 11.6 Å². The largest absolute Gasteiger partial charge is 0.483 e. The zero-order valence-electron chi connectivity index (χ0n) is 16.6. The molecule has 2 saturated carbocycles. The van der Waals surface area contributed by atoms with Crippen LogP contribution in [0.4, 0.5) is 10.1 Å². The van der Waals surface area contributed by atoms with Crippen LogP contribution in [0.1, 0.15) is 16.8 Å². The number of para-hydroxylation sites is 2. The molecule has 2 bridgehead atoms. The van der Waals surface area contributed by atoms with Crippen molar-refractivity contribution in [2.24, 2.45) is 35.5 Å². The van der Waals surface area contributed by atoms with Gasteiger partial charge < -0.3 is 4.74 Å². The van der Waals surface area contributed by atoms with Crippen LogP contribution in [0.25, 0.3) is 0 Å². The Morgan fingerprint density at radius 3 is 2.19 bits per heavy atom. The Labute approximate surface area is 178 Å². The van der Waals surface area contributed by atoms with Crippen LogP contribution < -0.4 is 9.64 Å². The van der Waals surface area contributed by atoms with E-state index < -0.39 is 5.82 Å². The number of carbonyl (C=O) groups excluding carboxylic acids is 3. The normalized spacial score (nSPS) is 32.1. The molecule has 0 radical (unpaired) electrons. The van der Waals surface area contributed by atoms with Crippen molar-refractivity contribution in [3.8, 4) is 5.75 Å². The molecular formula is C25H20FNO4. The molecule has 4 aliphatic carbocycles. The minimum absolute atomic E-state index is 0.148. The molecular weight excluding hydrogens is 397 g/mol. The lowest BCUT2D eigenvalue weighted by atomic mass is 9.63. The number of ketones is 1. The molecule has 1 saturated heterocycles. The molecule has 7 rings (SSSR count). The minimum atomic E-state index is -0.420. The summed E-state index contributed by atoms with van der Waals surface area (Å²) in [4.78, 5) is 40.4. The van der Waals surface area contributed by atoms with E-state index in [-0.39, 0.29) is 47.9 Å². The second-order valence-corrected chi connectivity index (χ2v) is 8.85. The second kappa shape index (κ2) is 6.61. The van der Waals surface area contributed by atoms with Gasteiger partial charge in [0.15, 0.2) is 12.4 Å². The summed E-state index contributed by atoms with van der Waals surface area (Å²) in [5.74, 6) is 0.0244. The summed E-state index contributed by atoms with van der Waals surface area (Å²) in [7, 11) is 0. The van der Waals surface area contributed by atoms with E-state index in [1.165, 1.54) is 29.2 Å². The molecule has 1 heterocycles. The molecule has 1 aliphatic heterocycles. The number of hydrogen-bond donors (Lipinski definition) is 0. The number of halogens is 1. The maximum Gasteiger partial charge on any atom is 0.238 e. The number of anilines is 1. The predicted octanol–water partition coefficient (Wildman–Crippen LogP) is 3.64. The van der Waals surface area contributed by atoms with Crippen LogP contribution in [0.3, 0.4) is 0 Å². The van der Waals surface area contributed by atoms with Crippen LogP contribution in [0.5, 0.6) is 5.75 Å². The van der Waals surface area contributed by atoms with E-state index in [0.717, 1.165) is 6.42 Å². The van der Waals surface area contributed by atoms with Crippen molar-refractivity contribution in [3.63, 3.8) is 0 Å². The quantitative estimate of drug-likeness (QED) is 0.423. The SMILES string of the molecule is O=C(COc1ccccc1N1C(=O)[C@@H]2[C@H]3C=C[C@@H]([C@@H]4C[C@H]34)[C@H]2C1=O)c1ccc(F)cc1. The van der Waals surface area contributed by atoms with Crippen molar-refractivity contribution in [1.29, 1.82) is 0 Å². The molecule has 3 fully saturated rings. The number of Topliss-reactive ketones (excluding diaryl/α,β-unsaturated/α-hetero) is 1. The molecule has 2 aromatic carbocycles. The lowest BCUT2D eigenvalue weighted by molar-refractivity contribution is -0.124. The summed E-state index contributed by atoms with van der Waals surface area (Å²) < 4.78 is 18.8. The van der Waals surface area contributed by atoms with Crippen LogP contribution in [-0.2, 0) is 9.59 Å². The summed E-state index contributed by atoms with van der Waals surface area (Å²) >= 11 is 0. The van der Waals surface area contributed by atoms with Crippen molar-refractivity contribution in [1.82, 2.24) is 0 Å². The van der Waals surface area contributed by atoms with Gasteiger partial charge in [-0.25, -0.2) is 9.29 Å². The van der Waals surface area contributed by atoms with Gasteiger partial charge in [0.2, 0.25) is 11.8 Å². The maximum atomic E-state index is 13.4. The molecule has 2 aromatic rings. The summed E-state index contributed by atoms with van der Waals surface area (Å²) in [6.45, 7) is -0.275. The Morgan fingerprint density at radius 2 is 1.55 bits per heavy atom. The van der Waals surface area contributed by atoms with Crippen LogP contribution in [-0.4, -0.2) is 24.2 Å². The van der Waals surface area contributed by atoms with Crippen molar-refractivity contribution in [3.05, 3.63) is 72.1 Å². The standard InChI is InChI=1S/C25H20FNO4/c26-14-7-5-13(6-8-14)20(28)12-31-21-4-2-1-3-19(21)27-24(29)22-15-9-10-16(18-11-17(15)18)23(22)25(27)30/h1-10,15-18,22-23H,11-12H2/t15-,16-,17-,18+,22+,23+/m0/s1. The van der Waals surface area contributed by atoms with Crippen molar-refractivity contribution < 1.29 is 23.5 Å². The van der Waals surface area contributed by atoms with Gasteiger partial charge in [-0.15, -0.1) is 0 Å². The predicted molar refractivity (Wildman–Crippen MR) is 110 cm³/mol. The average molecular weight is 417 g/mol. The first kappa shape index (κ1) is 18.5. The maximum absolute atomic E-state index is 13.4. The molecule has 2 amide bonds. The Bertz CT molecular complexity index is 1100. The molecule has 5 nitrogen and oxygen atoms in total. The highest BCUT2D eigenvalue weighted by Gasteiger charge is 2.67. The number of benzene rings is 2. The van der Waals surface area contributed by atoms with E-state index >= 15 is 0 Å². The van der Waals surface area contributed by atoms with Gasteiger partial charge in [-0.3, -0.25) is 14.4 Å². The van der Waals surface area contributed by atoms with E-state index in [1.54, 1.807) is 24.3 Å². The Balaban J connectivity index is 1.26. The number of allylic oxidation sites excluding steroid dienone is 2. The number of rotatable bonds is 5. The number of amides is 2. The molecule has 0 aromatic heterocycles. The first-order valence-corrected chi connectivity index (χ1v) is 10.6. The summed E-state index contributed by atoms with van der Waals surface area (Å²) in [6, 6.07) is 12.1. The van der Waals surface area contributed by atoms with Crippen LogP contribution in [0.2, 0.25) is 0 Å². The molecule has 31 heavy (non-hydrogen) atoms. The van der Waals surface area contributed by atoms with E-state index in [9.17, 15) is 18.8 Å². The lowest BCUT2D eigenvalue weighted by Gasteiger charge is -2.37. The molecule has 6 atom stereocenters. The van der Waals surface area contributed by atoms with Gasteiger partial charge in [0.25, 0.3) is 0 Å². The Morgan fingerprint density at radius 1 is 0.935 bits per heavy atom. The lowest BCUT2D eigenvalue weighted by Crippen LogP contribution is -2.40. The van der Waals surface area contributed by atoms with E-state index in [0.29, 0.717) is 28.8 Å². The van der Waals surface area contributed by atoms with Gasteiger partial charge in [-0.1, -0.05) is 24.3 Å². The number of carbonyl (C=O) groups is 3. The van der Waals surface area contributed by atoms with Gasteiger partial charge in [0, 0.05) is 5.56 Å². The van der Waals surface area contributed by atoms with Gasteiger partial charge in [-0.2, -0.15) is 0 Å². The summed E-state index contributed by atoms with van der Waals surface area (Å²) in [5, 5.41) is 0. The second-order valence-electron chi connectivity index (χ2n) is 8.85. The Kier molecular flexibility index (Phi) is 3.94.